The van der Waals surface area contributed by atoms with E-state index in [1.54, 1.807) is 6.07 Å². The lowest BCUT2D eigenvalue weighted by Gasteiger charge is -2.38. The van der Waals surface area contributed by atoms with Crippen LogP contribution in [0.2, 0.25) is 0 Å². The number of hydrogen-bond donors (Lipinski definition) is 2. The lowest BCUT2D eigenvalue weighted by Crippen LogP contribution is -2.40. The zero-order chi connectivity index (χ0) is 11.8. The maximum Gasteiger partial charge on any atom is 0.223 e. The maximum atomic E-state index is 5.68. The summed E-state index contributed by atoms with van der Waals surface area (Å²) in [7, 11) is 0. The fourth-order valence-corrected chi connectivity index (χ4v) is 2.25. The van der Waals surface area contributed by atoms with Gasteiger partial charge in [0.1, 0.15) is 11.6 Å². The van der Waals surface area contributed by atoms with Crippen molar-refractivity contribution in [2.45, 2.75) is 26.7 Å². The second-order valence-corrected chi connectivity index (χ2v) is 5.20. The van der Waals surface area contributed by atoms with E-state index in [2.05, 4.69) is 28.7 Å². The Morgan fingerprint density at radius 3 is 2.69 bits per heavy atom. The molecule has 0 aromatic carbocycles. The molecule has 4 N–H and O–H groups in total. The van der Waals surface area contributed by atoms with E-state index >= 15 is 0 Å². The summed E-state index contributed by atoms with van der Waals surface area (Å²) in [4.78, 5) is 10.4. The second kappa shape index (κ2) is 3.81. The molecule has 0 radical (unpaired) electrons. The molecule has 1 aromatic rings. The minimum Gasteiger partial charge on any atom is -0.383 e. The third-order valence-corrected chi connectivity index (χ3v) is 2.97. The molecular weight excluding hydrogens is 202 g/mol. The van der Waals surface area contributed by atoms with Gasteiger partial charge in [-0.3, -0.25) is 0 Å². The molecule has 2 heterocycles. The topological polar surface area (TPSA) is 81.1 Å². The molecule has 1 aliphatic heterocycles. The van der Waals surface area contributed by atoms with Gasteiger partial charge in [-0.05, 0) is 18.3 Å². The third-order valence-electron chi connectivity index (χ3n) is 2.97. The lowest BCUT2D eigenvalue weighted by molar-refractivity contribution is 0.292. The molecule has 5 heteroatoms. The first-order valence-corrected chi connectivity index (χ1v) is 5.61. The Labute approximate surface area is 95.9 Å². The smallest absolute Gasteiger partial charge is 0.223 e. The van der Waals surface area contributed by atoms with Crippen molar-refractivity contribution in [2.75, 3.05) is 29.5 Å². The van der Waals surface area contributed by atoms with E-state index in [1.165, 1.54) is 12.8 Å². The number of piperidine rings is 1. The summed E-state index contributed by atoms with van der Waals surface area (Å²) >= 11 is 0. The van der Waals surface area contributed by atoms with Crippen LogP contribution < -0.4 is 16.4 Å². The van der Waals surface area contributed by atoms with Crippen molar-refractivity contribution >= 4 is 17.6 Å². The third kappa shape index (κ3) is 2.35. The van der Waals surface area contributed by atoms with Crippen LogP contribution in [0.1, 0.15) is 26.7 Å². The van der Waals surface area contributed by atoms with E-state index in [-0.39, 0.29) is 5.95 Å². The van der Waals surface area contributed by atoms with Gasteiger partial charge in [-0.15, -0.1) is 0 Å². The molecule has 5 nitrogen and oxygen atoms in total. The molecule has 0 amide bonds. The fourth-order valence-electron chi connectivity index (χ4n) is 2.25. The Morgan fingerprint density at radius 1 is 1.31 bits per heavy atom. The summed E-state index contributed by atoms with van der Waals surface area (Å²) in [5.74, 6) is 1.53. The first kappa shape index (κ1) is 11.0. The van der Waals surface area contributed by atoms with Gasteiger partial charge in [0.05, 0.1) is 0 Å². The summed E-state index contributed by atoms with van der Waals surface area (Å²) in [6.45, 7) is 6.54. The first-order valence-electron chi connectivity index (χ1n) is 5.61. The predicted octanol–water partition coefficient (Wildman–Crippen LogP) is 1.27. The van der Waals surface area contributed by atoms with Gasteiger partial charge in [0.2, 0.25) is 5.95 Å². The van der Waals surface area contributed by atoms with Crippen molar-refractivity contribution in [3.63, 3.8) is 0 Å². The molecule has 0 spiro atoms. The number of aromatic nitrogens is 2. The number of hydrogen-bond acceptors (Lipinski definition) is 5. The number of nitrogens with zero attached hydrogens (tertiary/aromatic N) is 3. The van der Waals surface area contributed by atoms with E-state index < -0.39 is 0 Å². The molecule has 1 fully saturated rings. The average molecular weight is 221 g/mol. The number of anilines is 3. The van der Waals surface area contributed by atoms with Crippen LogP contribution in [0.5, 0.6) is 0 Å². The molecular formula is C11H19N5. The van der Waals surface area contributed by atoms with Gasteiger partial charge < -0.3 is 16.4 Å². The zero-order valence-electron chi connectivity index (χ0n) is 9.90. The largest absolute Gasteiger partial charge is 0.383 e. The minimum absolute atomic E-state index is 0.248. The molecule has 2 rings (SSSR count). The van der Waals surface area contributed by atoms with Crippen molar-refractivity contribution in [3.8, 4) is 0 Å². The molecule has 0 aliphatic carbocycles. The van der Waals surface area contributed by atoms with Crippen LogP contribution in [0.4, 0.5) is 17.6 Å². The van der Waals surface area contributed by atoms with Crippen molar-refractivity contribution in [1.29, 1.82) is 0 Å². The minimum atomic E-state index is 0.248. The van der Waals surface area contributed by atoms with Crippen LogP contribution in [0.25, 0.3) is 0 Å². The molecule has 1 aromatic heterocycles. The molecule has 1 aliphatic rings. The Bertz CT molecular complexity index is 368. The van der Waals surface area contributed by atoms with Gasteiger partial charge in [-0.1, -0.05) is 13.8 Å². The van der Waals surface area contributed by atoms with Crippen LogP contribution in [0.15, 0.2) is 6.07 Å². The summed E-state index contributed by atoms with van der Waals surface area (Å²) in [6.07, 6.45) is 2.43. The van der Waals surface area contributed by atoms with Crippen molar-refractivity contribution in [2.24, 2.45) is 5.41 Å². The molecule has 0 atom stereocenters. The average Bonchev–Trinajstić information content (AvgIpc) is 2.14. The highest BCUT2D eigenvalue weighted by molar-refractivity contribution is 5.50. The monoisotopic (exact) mass is 221 g/mol. The number of nitrogens with two attached hydrogens (primary N) is 2. The summed E-state index contributed by atoms with van der Waals surface area (Å²) in [6, 6.07) is 1.79. The summed E-state index contributed by atoms with van der Waals surface area (Å²) in [5, 5.41) is 0. The Hall–Kier alpha value is -1.52. The van der Waals surface area contributed by atoms with Crippen LogP contribution in [-0.4, -0.2) is 23.1 Å². The van der Waals surface area contributed by atoms with Gasteiger partial charge in [-0.25, -0.2) is 0 Å². The van der Waals surface area contributed by atoms with E-state index in [1.807, 2.05) is 0 Å². The standard InChI is InChI=1S/C11H19N5/c1-11(2)4-3-5-16(7-11)9-6-8(12)14-10(13)15-9/h6H,3-5,7H2,1-2H3,(H4,12,13,14,15). The van der Waals surface area contributed by atoms with Crippen LogP contribution >= 0.6 is 0 Å². The van der Waals surface area contributed by atoms with Crippen LogP contribution in [0.3, 0.4) is 0 Å². The highest BCUT2D eigenvalue weighted by Crippen LogP contribution is 2.31. The molecule has 1 saturated heterocycles. The van der Waals surface area contributed by atoms with Crippen LogP contribution in [0, 0.1) is 5.41 Å². The van der Waals surface area contributed by atoms with E-state index in [0.717, 1.165) is 18.9 Å². The van der Waals surface area contributed by atoms with Crippen molar-refractivity contribution in [3.05, 3.63) is 6.07 Å². The predicted molar refractivity (Wildman–Crippen MR) is 66.1 cm³/mol. The summed E-state index contributed by atoms with van der Waals surface area (Å²) < 4.78 is 0. The highest BCUT2D eigenvalue weighted by atomic mass is 15.2. The Balaban J connectivity index is 2.23. The highest BCUT2D eigenvalue weighted by Gasteiger charge is 2.27. The molecule has 0 unspecified atom stereocenters. The Kier molecular flexibility index (Phi) is 2.61. The zero-order valence-corrected chi connectivity index (χ0v) is 9.90. The maximum absolute atomic E-state index is 5.68. The quantitative estimate of drug-likeness (QED) is 0.746. The van der Waals surface area contributed by atoms with E-state index in [9.17, 15) is 0 Å². The van der Waals surface area contributed by atoms with Crippen LogP contribution in [-0.2, 0) is 0 Å². The SMILES string of the molecule is CC1(C)CCCN(c2cc(N)nc(N)n2)C1. The molecule has 16 heavy (non-hydrogen) atoms. The lowest BCUT2D eigenvalue weighted by atomic mass is 9.84. The Morgan fingerprint density at radius 2 is 2.06 bits per heavy atom. The summed E-state index contributed by atoms with van der Waals surface area (Å²) in [5.41, 5.74) is 11.6. The van der Waals surface area contributed by atoms with Crippen molar-refractivity contribution in [1.82, 2.24) is 9.97 Å². The van der Waals surface area contributed by atoms with E-state index in [0.29, 0.717) is 11.2 Å². The van der Waals surface area contributed by atoms with Gasteiger partial charge in [-0.2, -0.15) is 9.97 Å². The van der Waals surface area contributed by atoms with E-state index in [4.69, 9.17) is 11.5 Å². The van der Waals surface area contributed by atoms with Gasteiger partial charge in [0.25, 0.3) is 0 Å². The van der Waals surface area contributed by atoms with Gasteiger partial charge >= 0.3 is 0 Å². The second-order valence-electron chi connectivity index (χ2n) is 5.20. The number of nitrogen functional groups attached to an aromatic ring is 2. The first-order chi connectivity index (χ1) is 7.46. The fraction of sp³-hybridized carbons (Fsp3) is 0.636. The molecule has 0 saturated carbocycles. The molecule has 0 bridgehead atoms. The van der Waals surface area contributed by atoms with Gasteiger partial charge in [0, 0.05) is 19.2 Å². The van der Waals surface area contributed by atoms with Gasteiger partial charge in [0.15, 0.2) is 0 Å². The van der Waals surface area contributed by atoms with Crippen molar-refractivity contribution < 1.29 is 0 Å². The molecule has 88 valence electrons. The normalized spacial score (nSPS) is 19.8. The number of rotatable bonds is 1.